The summed E-state index contributed by atoms with van der Waals surface area (Å²) in [6.07, 6.45) is 1.29. The molecule has 0 aliphatic carbocycles. The van der Waals surface area contributed by atoms with Crippen LogP contribution >= 0.6 is 11.6 Å². The summed E-state index contributed by atoms with van der Waals surface area (Å²) in [6.45, 7) is 1.08. The number of nitrogens with zero attached hydrogens (tertiary/aromatic N) is 1. The molecule has 1 aromatic rings. The van der Waals surface area contributed by atoms with Crippen molar-refractivity contribution in [2.24, 2.45) is 0 Å². The molecule has 1 saturated heterocycles. The van der Waals surface area contributed by atoms with E-state index in [-0.39, 0.29) is 17.4 Å². The largest absolute Gasteiger partial charge is 0.350 e. The Hall–Kier alpha value is -0.970. The Morgan fingerprint density at radius 2 is 2.27 bits per heavy atom. The number of ether oxygens (including phenoxy) is 2. The predicted molar refractivity (Wildman–Crippen MR) is 53.9 cm³/mol. The van der Waals surface area contributed by atoms with Crippen molar-refractivity contribution in [3.8, 4) is 0 Å². The first kappa shape index (κ1) is 10.5. The zero-order chi connectivity index (χ0) is 10.7. The van der Waals surface area contributed by atoms with Crippen molar-refractivity contribution in [2.75, 3.05) is 13.2 Å². The monoisotopic (exact) mass is 227 g/mol. The van der Waals surface area contributed by atoms with E-state index in [4.69, 9.17) is 21.1 Å². The minimum Gasteiger partial charge on any atom is -0.350 e. The quantitative estimate of drug-likeness (QED) is 0.582. The number of carbonyl (C=O) groups is 1. The second-order valence-corrected chi connectivity index (χ2v) is 3.50. The first-order chi connectivity index (χ1) is 7.27. The molecule has 0 saturated carbocycles. The first-order valence-corrected chi connectivity index (χ1v) is 5.02. The number of carbonyl (C=O) groups excluding carboxylic acids is 1. The number of halogens is 1. The molecule has 0 atom stereocenters. The maximum atomic E-state index is 11.7. The van der Waals surface area contributed by atoms with E-state index in [0.717, 1.165) is 0 Å². The van der Waals surface area contributed by atoms with E-state index in [0.29, 0.717) is 18.8 Å². The van der Waals surface area contributed by atoms with Crippen LogP contribution in [0.5, 0.6) is 0 Å². The summed E-state index contributed by atoms with van der Waals surface area (Å²) in [7, 11) is 0. The number of Topliss-reactive ketones (excluding diaryl/α,β-unsaturated/α-hetero) is 1. The van der Waals surface area contributed by atoms with Crippen molar-refractivity contribution in [1.82, 2.24) is 4.98 Å². The smallest absolute Gasteiger partial charge is 0.171 e. The van der Waals surface area contributed by atoms with Gasteiger partial charge in [-0.2, -0.15) is 0 Å². The maximum Gasteiger partial charge on any atom is 0.171 e. The highest BCUT2D eigenvalue weighted by Gasteiger charge is 2.21. The topological polar surface area (TPSA) is 48.4 Å². The number of aromatic nitrogens is 1. The predicted octanol–water partition coefficient (Wildman–Crippen LogP) is 1.68. The van der Waals surface area contributed by atoms with Crippen LogP contribution in [0.3, 0.4) is 0 Å². The van der Waals surface area contributed by atoms with Crippen molar-refractivity contribution in [3.63, 3.8) is 0 Å². The van der Waals surface area contributed by atoms with Crippen molar-refractivity contribution < 1.29 is 14.3 Å². The molecule has 5 heteroatoms. The summed E-state index contributed by atoms with van der Waals surface area (Å²) in [4.78, 5) is 15.6. The molecule has 1 aliphatic heterocycles. The van der Waals surface area contributed by atoms with Gasteiger partial charge in [-0.05, 0) is 12.1 Å². The van der Waals surface area contributed by atoms with Gasteiger partial charge >= 0.3 is 0 Å². The molecule has 0 unspecified atom stereocenters. The third-order valence-corrected chi connectivity index (χ3v) is 2.40. The third-order valence-electron chi connectivity index (χ3n) is 2.10. The molecule has 1 fully saturated rings. The molecule has 0 radical (unpaired) electrons. The molecule has 2 rings (SSSR count). The van der Waals surface area contributed by atoms with E-state index >= 15 is 0 Å². The summed E-state index contributed by atoms with van der Waals surface area (Å²) in [6, 6.07) is 3.32. The summed E-state index contributed by atoms with van der Waals surface area (Å²) >= 11 is 5.79. The minimum atomic E-state index is -0.436. The lowest BCUT2D eigenvalue weighted by Gasteiger charge is -2.08. The van der Waals surface area contributed by atoms with Gasteiger partial charge in [-0.25, -0.2) is 4.98 Å². The van der Waals surface area contributed by atoms with E-state index in [1.165, 1.54) is 0 Å². The molecule has 15 heavy (non-hydrogen) atoms. The molecule has 1 aromatic heterocycles. The van der Waals surface area contributed by atoms with Crippen LogP contribution < -0.4 is 0 Å². The van der Waals surface area contributed by atoms with Crippen LogP contribution in [0.1, 0.15) is 16.8 Å². The average Bonchev–Trinajstić information content (AvgIpc) is 2.71. The molecule has 2 heterocycles. The van der Waals surface area contributed by atoms with Gasteiger partial charge in [0.05, 0.1) is 25.2 Å². The highest BCUT2D eigenvalue weighted by atomic mass is 35.5. The van der Waals surface area contributed by atoms with Crippen molar-refractivity contribution in [1.29, 1.82) is 0 Å². The minimum absolute atomic E-state index is 0.111. The Morgan fingerprint density at radius 3 is 2.93 bits per heavy atom. The van der Waals surface area contributed by atoms with Gasteiger partial charge in [0.2, 0.25) is 0 Å². The highest BCUT2D eigenvalue weighted by Crippen LogP contribution is 2.17. The van der Waals surface area contributed by atoms with Crippen LogP contribution in [0.25, 0.3) is 0 Å². The number of hydrogen-bond donors (Lipinski definition) is 0. The van der Waals surface area contributed by atoms with Gasteiger partial charge in [0, 0.05) is 6.20 Å². The van der Waals surface area contributed by atoms with Gasteiger partial charge in [-0.15, -0.1) is 0 Å². The molecule has 80 valence electrons. The van der Waals surface area contributed by atoms with Gasteiger partial charge in [-0.1, -0.05) is 11.6 Å². The zero-order valence-electron chi connectivity index (χ0n) is 7.98. The van der Waals surface area contributed by atoms with Crippen LogP contribution in [-0.4, -0.2) is 30.3 Å². The molecular weight excluding hydrogens is 218 g/mol. The Morgan fingerprint density at radius 1 is 1.53 bits per heavy atom. The van der Waals surface area contributed by atoms with Crippen LogP contribution in [0.2, 0.25) is 5.15 Å². The highest BCUT2D eigenvalue weighted by molar-refractivity contribution is 6.32. The van der Waals surface area contributed by atoms with E-state index in [9.17, 15) is 4.79 Å². The fourth-order valence-corrected chi connectivity index (χ4v) is 1.61. The van der Waals surface area contributed by atoms with Crippen molar-refractivity contribution >= 4 is 17.4 Å². The lowest BCUT2D eigenvalue weighted by atomic mass is 10.1. The zero-order valence-corrected chi connectivity index (χ0v) is 8.74. The Balaban J connectivity index is 2.04. The van der Waals surface area contributed by atoms with Gasteiger partial charge in [0.15, 0.2) is 12.1 Å². The number of pyridine rings is 1. The molecule has 0 bridgehead atoms. The molecule has 0 N–H and O–H groups in total. The van der Waals surface area contributed by atoms with Crippen LogP contribution in [0.15, 0.2) is 18.3 Å². The Labute approximate surface area is 92.2 Å². The second-order valence-electron chi connectivity index (χ2n) is 3.14. The summed E-state index contributed by atoms with van der Waals surface area (Å²) in [5.41, 5.74) is 0.415. The van der Waals surface area contributed by atoms with Crippen LogP contribution in [0, 0.1) is 0 Å². The number of ketones is 1. The van der Waals surface area contributed by atoms with E-state index in [2.05, 4.69) is 4.98 Å². The lowest BCUT2D eigenvalue weighted by Crippen LogP contribution is -2.14. The Kier molecular flexibility index (Phi) is 3.30. The normalized spacial score (nSPS) is 16.9. The summed E-state index contributed by atoms with van der Waals surface area (Å²) in [5.74, 6) is -0.111. The van der Waals surface area contributed by atoms with Crippen LogP contribution in [0.4, 0.5) is 0 Å². The maximum absolute atomic E-state index is 11.7. The molecule has 0 spiro atoms. The second kappa shape index (κ2) is 4.70. The molecule has 0 aromatic carbocycles. The van der Waals surface area contributed by atoms with Crippen molar-refractivity contribution in [2.45, 2.75) is 12.7 Å². The Bertz CT molecular complexity index is 363. The average molecular weight is 228 g/mol. The first-order valence-electron chi connectivity index (χ1n) is 4.64. The SMILES string of the molecule is O=C(CC1OCCO1)c1cccnc1Cl. The van der Waals surface area contributed by atoms with E-state index in [1.54, 1.807) is 18.3 Å². The number of hydrogen-bond acceptors (Lipinski definition) is 4. The molecule has 4 nitrogen and oxygen atoms in total. The third kappa shape index (κ3) is 2.53. The van der Waals surface area contributed by atoms with Gasteiger partial charge in [-0.3, -0.25) is 4.79 Å². The van der Waals surface area contributed by atoms with Gasteiger partial charge in [0.25, 0.3) is 0 Å². The van der Waals surface area contributed by atoms with E-state index < -0.39 is 6.29 Å². The van der Waals surface area contributed by atoms with Gasteiger partial charge in [0.1, 0.15) is 5.15 Å². The fourth-order valence-electron chi connectivity index (χ4n) is 1.38. The number of rotatable bonds is 3. The molecule has 0 amide bonds. The van der Waals surface area contributed by atoms with E-state index in [1.807, 2.05) is 0 Å². The molecular formula is C10H10ClNO3. The van der Waals surface area contributed by atoms with Gasteiger partial charge < -0.3 is 9.47 Å². The lowest BCUT2D eigenvalue weighted by molar-refractivity contribution is -0.0407. The molecule has 1 aliphatic rings. The van der Waals surface area contributed by atoms with Crippen LogP contribution in [-0.2, 0) is 9.47 Å². The fraction of sp³-hybridized carbons (Fsp3) is 0.400. The standard InChI is InChI=1S/C10H10ClNO3/c11-10-7(2-1-3-12-10)8(13)6-9-14-4-5-15-9/h1-3,9H,4-6H2. The summed E-state index contributed by atoms with van der Waals surface area (Å²) < 4.78 is 10.4. The summed E-state index contributed by atoms with van der Waals surface area (Å²) in [5, 5.41) is 0.223. The van der Waals surface area contributed by atoms with Crippen molar-refractivity contribution in [3.05, 3.63) is 29.0 Å².